The van der Waals surface area contributed by atoms with Gasteiger partial charge in [0.1, 0.15) is 0 Å². The van der Waals surface area contributed by atoms with Crippen LogP contribution in [0.4, 0.5) is 4.79 Å². The van der Waals surface area contributed by atoms with Crippen molar-refractivity contribution in [1.29, 1.82) is 0 Å². The number of nitrogens with one attached hydrogen (secondary N) is 1. The third-order valence-corrected chi connectivity index (χ3v) is 2.32. The minimum Gasteiger partial charge on any atom is -0.346 e. The van der Waals surface area contributed by atoms with Crippen LogP contribution in [0, 0.1) is 0 Å². The summed E-state index contributed by atoms with van der Waals surface area (Å²) in [5.74, 6) is -0.103. The second kappa shape index (κ2) is 5.23. The highest BCUT2D eigenvalue weighted by atomic mass is 79.9. The van der Waals surface area contributed by atoms with E-state index in [0.29, 0.717) is 5.56 Å². The topological polar surface area (TPSA) is 46.2 Å². The first kappa shape index (κ1) is 11.3. The zero-order valence-corrected chi connectivity index (χ0v) is 10.0. The van der Waals surface area contributed by atoms with Crippen molar-refractivity contribution >= 4 is 36.6 Å². The summed E-state index contributed by atoms with van der Waals surface area (Å²) in [5, 5.41) is 2.42. The molecule has 0 heterocycles. The molecule has 1 aromatic carbocycles. The lowest BCUT2D eigenvalue weighted by molar-refractivity contribution is 0.0994. The van der Waals surface area contributed by atoms with Gasteiger partial charge in [-0.25, -0.2) is 0 Å². The van der Waals surface area contributed by atoms with E-state index >= 15 is 0 Å². The van der Waals surface area contributed by atoms with Gasteiger partial charge in [-0.1, -0.05) is 28.1 Å². The van der Waals surface area contributed by atoms with Crippen LogP contribution in [-0.4, -0.2) is 18.0 Å². The van der Waals surface area contributed by atoms with E-state index in [1.165, 1.54) is 0 Å². The summed E-state index contributed by atoms with van der Waals surface area (Å²) in [7, 11) is 1.96. The molecule has 0 aromatic heterocycles. The molecule has 0 aliphatic carbocycles. The van der Waals surface area contributed by atoms with Crippen LogP contribution in [0.25, 0.3) is 0 Å². The molecule has 0 aliphatic rings. The Morgan fingerprint density at radius 3 is 2.36 bits per heavy atom. The molecule has 5 heteroatoms. The first-order valence-corrected chi connectivity index (χ1v) is 5.28. The summed E-state index contributed by atoms with van der Waals surface area (Å²) >= 11 is 3.27. The average Bonchev–Trinajstić information content (AvgIpc) is 2.15. The van der Waals surface area contributed by atoms with E-state index in [-0.39, 0.29) is 18.0 Å². The van der Waals surface area contributed by atoms with E-state index in [1.54, 1.807) is 24.3 Å². The first-order valence-electron chi connectivity index (χ1n) is 3.91. The lowest BCUT2D eigenvalue weighted by atomic mass is 10.1. The number of rotatable bonds is 3. The van der Waals surface area contributed by atoms with Crippen molar-refractivity contribution in [3.05, 3.63) is 34.3 Å². The number of amides is 1. The standard InChI is InChI=1S/C9H9BrNO2P/c10-7-3-1-6(2-4-7)8(12)5-11-9(13)14/h1-4H,5,14H2,(H,11,13). The number of Topliss-reactive ketones (excluding diaryl/α,β-unsaturated/α-hetero) is 1. The summed E-state index contributed by atoms with van der Waals surface area (Å²) in [6, 6.07) is 6.99. The Bertz CT molecular complexity index is 350. The number of ketones is 1. The van der Waals surface area contributed by atoms with E-state index in [0.717, 1.165) is 4.47 Å². The predicted molar refractivity (Wildman–Crippen MR) is 61.6 cm³/mol. The smallest absolute Gasteiger partial charge is 0.235 e. The summed E-state index contributed by atoms with van der Waals surface area (Å²) in [4.78, 5) is 21.9. The SMILES string of the molecule is O=C(P)NCC(=O)c1ccc(Br)cc1. The zero-order valence-electron chi connectivity index (χ0n) is 7.29. The molecule has 74 valence electrons. The maximum atomic E-state index is 11.4. The second-order valence-corrected chi connectivity index (χ2v) is 4.09. The van der Waals surface area contributed by atoms with Gasteiger partial charge in [-0.2, -0.15) is 0 Å². The molecule has 0 saturated carbocycles. The van der Waals surface area contributed by atoms with Crippen molar-refractivity contribution in [3.63, 3.8) is 0 Å². The molecule has 0 aliphatic heterocycles. The highest BCUT2D eigenvalue weighted by molar-refractivity contribution is 9.10. The predicted octanol–water partition coefficient (Wildman–Crippen LogP) is 2.22. The van der Waals surface area contributed by atoms with Gasteiger partial charge in [0, 0.05) is 10.0 Å². The van der Waals surface area contributed by atoms with Crippen LogP contribution in [0.5, 0.6) is 0 Å². The molecule has 0 fully saturated rings. The number of carbonyl (C=O) groups excluding carboxylic acids is 2. The Morgan fingerprint density at radius 2 is 1.86 bits per heavy atom. The molecule has 0 spiro atoms. The molecular formula is C9H9BrNO2P. The van der Waals surface area contributed by atoms with E-state index in [2.05, 4.69) is 21.2 Å². The molecule has 1 aromatic rings. The lowest BCUT2D eigenvalue weighted by Gasteiger charge is -2.01. The van der Waals surface area contributed by atoms with Gasteiger partial charge >= 0.3 is 0 Å². The monoisotopic (exact) mass is 273 g/mol. The maximum Gasteiger partial charge on any atom is 0.235 e. The van der Waals surface area contributed by atoms with Gasteiger partial charge in [0.05, 0.1) is 6.54 Å². The quantitative estimate of drug-likeness (QED) is 0.678. The third-order valence-electron chi connectivity index (χ3n) is 1.59. The van der Waals surface area contributed by atoms with Crippen LogP contribution in [0.1, 0.15) is 10.4 Å². The summed E-state index contributed by atoms with van der Waals surface area (Å²) in [6.07, 6.45) is 0. The minimum absolute atomic E-state index is 0.0317. The molecule has 1 amide bonds. The molecule has 3 nitrogen and oxygen atoms in total. The average molecular weight is 274 g/mol. The lowest BCUT2D eigenvalue weighted by Crippen LogP contribution is -2.24. The fraction of sp³-hybridized carbons (Fsp3) is 0.111. The second-order valence-electron chi connectivity index (χ2n) is 2.65. The molecule has 0 bridgehead atoms. The van der Waals surface area contributed by atoms with Crippen molar-refractivity contribution in [3.8, 4) is 0 Å². The highest BCUT2D eigenvalue weighted by Crippen LogP contribution is 2.10. The number of carbonyl (C=O) groups is 2. The van der Waals surface area contributed by atoms with Crippen molar-refractivity contribution in [2.45, 2.75) is 0 Å². The maximum absolute atomic E-state index is 11.4. The van der Waals surface area contributed by atoms with Gasteiger partial charge in [0.15, 0.2) is 5.78 Å². The Morgan fingerprint density at radius 1 is 1.29 bits per heavy atom. The molecule has 1 atom stereocenters. The third kappa shape index (κ3) is 3.56. The summed E-state index contributed by atoms with van der Waals surface area (Å²) in [6.45, 7) is 0.0317. The van der Waals surface area contributed by atoms with Crippen LogP contribution in [-0.2, 0) is 0 Å². The molecule has 1 rings (SSSR count). The Kier molecular flexibility index (Phi) is 4.23. The number of halogens is 1. The van der Waals surface area contributed by atoms with Gasteiger partial charge in [-0.15, -0.1) is 0 Å². The molecule has 1 N–H and O–H groups in total. The first-order chi connectivity index (χ1) is 6.59. The van der Waals surface area contributed by atoms with E-state index in [4.69, 9.17) is 0 Å². The van der Waals surface area contributed by atoms with Crippen molar-refractivity contribution in [1.82, 2.24) is 5.32 Å². The molecule has 0 radical (unpaired) electrons. The molecule has 14 heavy (non-hydrogen) atoms. The minimum atomic E-state index is -0.282. The fourth-order valence-corrected chi connectivity index (χ4v) is 1.27. The summed E-state index contributed by atoms with van der Waals surface area (Å²) < 4.78 is 0.920. The van der Waals surface area contributed by atoms with Crippen molar-refractivity contribution < 1.29 is 9.59 Å². The number of hydrogen-bond donors (Lipinski definition) is 1. The Balaban J connectivity index is 2.61. The van der Waals surface area contributed by atoms with Gasteiger partial charge in [0.25, 0.3) is 0 Å². The molecule has 1 unspecified atom stereocenters. The Hall–Kier alpha value is -0.730. The van der Waals surface area contributed by atoms with Crippen LogP contribution >= 0.6 is 25.2 Å². The van der Waals surface area contributed by atoms with Gasteiger partial charge in [-0.3, -0.25) is 9.59 Å². The fourth-order valence-electron chi connectivity index (χ4n) is 0.905. The molecular weight excluding hydrogens is 265 g/mol. The van der Waals surface area contributed by atoms with Gasteiger partial charge < -0.3 is 5.32 Å². The van der Waals surface area contributed by atoms with Crippen LogP contribution in [0.2, 0.25) is 0 Å². The normalized spacial score (nSPS) is 9.57. The highest BCUT2D eigenvalue weighted by Gasteiger charge is 2.05. The Labute approximate surface area is 92.6 Å². The van der Waals surface area contributed by atoms with Crippen molar-refractivity contribution in [2.24, 2.45) is 0 Å². The van der Waals surface area contributed by atoms with Crippen LogP contribution in [0.15, 0.2) is 28.7 Å². The van der Waals surface area contributed by atoms with Crippen LogP contribution in [0.3, 0.4) is 0 Å². The largest absolute Gasteiger partial charge is 0.346 e. The van der Waals surface area contributed by atoms with Crippen molar-refractivity contribution in [2.75, 3.05) is 6.54 Å². The van der Waals surface area contributed by atoms with E-state index in [1.807, 2.05) is 9.24 Å². The van der Waals surface area contributed by atoms with Gasteiger partial charge in [0.2, 0.25) is 5.65 Å². The number of hydrogen-bond acceptors (Lipinski definition) is 2. The number of benzene rings is 1. The van der Waals surface area contributed by atoms with E-state index < -0.39 is 0 Å². The zero-order chi connectivity index (χ0) is 10.6. The van der Waals surface area contributed by atoms with Crippen LogP contribution < -0.4 is 5.32 Å². The van der Waals surface area contributed by atoms with Gasteiger partial charge in [-0.05, 0) is 21.4 Å². The molecule has 0 saturated heterocycles. The summed E-state index contributed by atoms with van der Waals surface area (Å²) in [5.41, 5.74) is 0.308. The van der Waals surface area contributed by atoms with E-state index in [9.17, 15) is 9.59 Å².